The van der Waals surface area contributed by atoms with E-state index in [-0.39, 0.29) is 5.91 Å². The van der Waals surface area contributed by atoms with E-state index >= 15 is 0 Å². The zero-order chi connectivity index (χ0) is 17.2. The molecule has 3 rings (SSSR count). The molecule has 0 aliphatic heterocycles. The molecule has 1 aromatic heterocycles. The Bertz CT molecular complexity index is 722. The molecule has 126 valence electrons. The van der Waals surface area contributed by atoms with Crippen LogP contribution in [0, 0.1) is 6.92 Å². The minimum absolute atomic E-state index is 0.0834. The molecule has 1 N–H and O–H groups in total. The molecule has 1 aliphatic rings. The zero-order valence-electron chi connectivity index (χ0n) is 14.3. The van der Waals surface area contributed by atoms with Crippen molar-refractivity contribution < 1.29 is 9.90 Å². The van der Waals surface area contributed by atoms with Gasteiger partial charge in [0.15, 0.2) is 0 Å². The highest BCUT2D eigenvalue weighted by atomic mass is 16.3. The van der Waals surface area contributed by atoms with Gasteiger partial charge in [-0.3, -0.25) is 9.78 Å². The fourth-order valence-corrected chi connectivity index (χ4v) is 3.47. The average molecular weight is 324 g/mol. The van der Waals surface area contributed by atoms with E-state index in [1.807, 2.05) is 49.4 Å². The number of carbonyl (C=O) groups excluding carboxylic acids is 1. The fraction of sp³-hybridized carbons (Fsp3) is 0.400. The molecule has 0 bridgehead atoms. The largest absolute Gasteiger partial charge is 0.388 e. The summed E-state index contributed by atoms with van der Waals surface area (Å²) in [4.78, 5) is 18.9. The summed E-state index contributed by atoms with van der Waals surface area (Å²) >= 11 is 0. The Morgan fingerprint density at radius 1 is 1.17 bits per heavy atom. The van der Waals surface area contributed by atoms with Crippen molar-refractivity contribution in [3.63, 3.8) is 0 Å². The molecule has 1 fully saturated rings. The highest BCUT2D eigenvalue weighted by molar-refractivity contribution is 5.95. The number of pyridine rings is 1. The molecule has 1 heterocycles. The number of amides is 1. The van der Waals surface area contributed by atoms with Crippen LogP contribution in [-0.2, 0) is 0 Å². The summed E-state index contributed by atoms with van der Waals surface area (Å²) in [6, 6.07) is 13.6. The van der Waals surface area contributed by atoms with Crippen LogP contribution >= 0.6 is 0 Å². The molecule has 1 amide bonds. The molecular formula is C20H24N2O2. The van der Waals surface area contributed by atoms with Crippen molar-refractivity contribution in [1.29, 1.82) is 0 Å². The van der Waals surface area contributed by atoms with Gasteiger partial charge in [0.05, 0.1) is 22.6 Å². The Hall–Kier alpha value is -2.20. The van der Waals surface area contributed by atoms with Crippen molar-refractivity contribution in [2.75, 3.05) is 13.6 Å². The van der Waals surface area contributed by atoms with Crippen LogP contribution in [0.1, 0.15) is 41.7 Å². The minimum Gasteiger partial charge on any atom is -0.388 e. The molecule has 2 aromatic rings. The van der Waals surface area contributed by atoms with Gasteiger partial charge in [-0.1, -0.05) is 43.2 Å². The van der Waals surface area contributed by atoms with Crippen molar-refractivity contribution in [2.45, 2.75) is 38.2 Å². The summed E-state index contributed by atoms with van der Waals surface area (Å²) in [5.74, 6) is -0.0834. The Morgan fingerprint density at radius 2 is 1.83 bits per heavy atom. The first-order chi connectivity index (χ1) is 11.5. The van der Waals surface area contributed by atoms with Gasteiger partial charge in [-0.15, -0.1) is 0 Å². The Balaban J connectivity index is 1.77. The smallest absolute Gasteiger partial charge is 0.255 e. The van der Waals surface area contributed by atoms with E-state index in [2.05, 4.69) is 4.98 Å². The van der Waals surface area contributed by atoms with Crippen LogP contribution in [0.5, 0.6) is 0 Å². The van der Waals surface area contributed by atoms with Crippen LogP contribution in [-0.4, -0.2) is 40.1 Å². The molecule has 4 nitrogen and oxygen atoms in total. The van der Waals surface area contributed by atoms with Crippen LogP contribution in [0.25, 0.3) is 11.3 Å². The van der Waals surface area contributed by atoms with Gasteiger partial charge in [0.25, 0.3) is 5.91 Å². The molecule has 0 saturated heterocycles. The second-order valence-corrected chi connectivity index (χ2v) is 6.79. The molecule has 0 spiro atoms. The third-order valence-electron chi connectivity index (χ3n) is 4.80. The van der Waals surface area contributed by atoms with Crippen LogP contribution in [0.4, 0.5) is 0 Å². The van der Waals surface area contributed by atoms with Gasteiger partial charge in [-0.2, -0.15) is 0 Å². The number of likely N-dealkylation sites (N-methyl/N-ethyl adjacent to an activating group) is 1. The maximum atomic E-state index is 12.7. The van der Waals surface area contributed by atoms with E-state index in [1.54, 1.807) is 11.9 Å². The first kappa shape index (κ1) is 16.7. The normalized spacial score (nSPS) is 16.1. The first-order valence-electron chi connectivity index (χ1n) is 8.49. The topological polar surface area (TPSA) is 53.4 Å². The predicted molar refractivity (Wildman–Crippen MR) is 94.8 cm³/mol. The van der Waals surface area contributed by atoms with E-state index in [9.17, 15) is 9.90 Å². The summed E-state index contributed by atoms with van der Waals surface area (Å²) in [7, 11) is 1.75. The number of carbonyl (C=O) groups is 1. The summed E-state index contributed by atoms with van der Waals surface area (Å²) in [6.45, 7) is 2.24. The summed E-state index contributed by atoms with van der Waals surface area (Å²) in [5, 5.41) is 10.5. The molecular weight excluding hydrogens is 300 g/mol. The zero-order valence-corrected chi connectivity index (χ0v) is 14.3. The second kappa shape index (κ2) is 6.73. The van der Waals surface area contributed by atoms with Gasteiger partial charge in [0.2, 0.25) is 0 Å². The third kappa shape index (κ3) is 3.49. The van der Waals surface area contributed by atoms with Gasteiger partial charge >= 0.3 is 0 Å². The lowest BCUT2D eigenvalue weighted by atomic mass is 10.0. The number of rotatable bonds is 4. The van der Waals surface area contributed by atoms with Crippen LogP contribution < -0.4 is 0 Å². The predicted octanol–water partition coefficient (Wildman–Crippen LogP) is 3.43. The number of nitrogens with zero attached hydrogens (tertiary/aromatic N) is 2. The van der Waals surface area contributed by atoms with Gasteiger partial charge in [-0.05, 0) is 31.9 Å². The molecule has 4 heteroatoms. The fourth-order valence-electron chi connectivity index (χ4n) is 3.47. The van der Waals surface area contributed by atoms with Crippen molar-refractivity contribution in [2.24, 2.45) is 0 Å². The van der Waals surface area contributed by atoms with E-state index in [4.69, 9.17) is 0 Å². The lowest BCUT2D eigenvalue weighted by Gasteiger charge is -2.29. The SMILES string of the molecule is Cc1nc(-c2ccccc2)ccc1C(=O)N(C)CC1(O)CCCC1. The number of hydrogen-bond donors (Lipinski definition) is 1. The summed E-state index contributed by atoms with van der Waals surface area (Å²) < 4.78 is 0. The van der Waals surface area contributed by atoms with Gasteiger partial charge in [0, 0.05) is 19.2 Å². The summed E-state index contributed by atoms with van der Waals surface area (Å²) in [6.07, 6.45) is 3.61. The highest BCUT2D eigenvalue weighted by Crippen LogP contribution is 2.30. The molecule has 0 atom stereocenters. The van der Waals surface area contributed by atoms with Crippen molar-refractivity contribution in [3.8, 4) is 11.3 Å². The maximum Gasteiger partial charge on any atom is 0.255 e. The van der Waals surface area contributed by atoms with Gasteiger partial charge in [-0.25, -0.2) is 0 Å². The maximum absolute atomic E-state index is 12.7. The number of aromatic nitrogens is 1. The lowest BCUT2D eigenvalue weighted by Crippen LogP contribution is -2.42. The lowest BCUT2D eigenvalue weighted by molar-refractivity contribution is 0.0156. The molecule has 1 saturated carbocycles. The van der Waals surface area contributed by atoms with E-state index in [0.717, 1.165) is 36.9 Å². The number of benzene rings is 1. The second-order valence-electron chi connectivity index (χ2n) is 6.79. The van der Waals surface area contributed by atoms with E-state index < -0.39 is 5.60 Å². The van der Waals surface area contributed by atoms with Gasteiger partial charge in [0.1, 0.15) is 0 Å². The van der Waals surface area contributed by atoms with Crippen molar-refractivity contribution in [1.82, 2.24) is 9.88 Å². The standard InChI is InChI=1S/C20H24N2O2/c1-15-17(10-11-18(21-15)16-8-4-3-5-9-16)19(23)22(2)14-20(24)12-6-7-13-20/h3-5,8-11,24H,6-7,12-14H2,1-2H3. The molecule has 1 aromatic carbocycles. The van der Waals surface area contributed by atoms with Crippen LogP contribution in [0.2, 0.25) is 0 Å². The number of aliphatic hydroxyl groups is 1. The Morgan fingerprint density at radius 3 is 2.46 bits per heavy atom. The Labute approximate surface area is 143 Å². The van der Waals surface area contributed by atoms with Crippen molar-refractivity contribution in [3.05, 3.63) is 53.7 Å². The molecule has 0 unspecified atom stereocenters. The van der Waals surface area contributed by atoms with Gasteiger partial charge < -0.3 is 10.0 Å². The van der Waals surface area contributed by atoms with E-state index in [0.29, 0.717) is 17.8 Å². The molecule has 1 aliphatic carbocycles. The molecule has 24 heavy (non-hydrogen) atoms. The highest BCUT2D eigenvalue weighted by Gasteiger charge is 2.33. The number of hydrogen-bond acceptors (Lipinski definition) is 3. The quantitative estimate of drug-likeness (QED) is 0.937. The monoisotopic (exact) mass is 324 g/mol. The summed E-state index contributed by atoms with van der Waals surface area (Å²) in [5.41, 5.74) is 2.48. The average Bonchev–Trinajstić information content (AvgIpc) is 3.01. The Kier molecular flexibility index (Phi) is 4.67. The van der Waals surface area contributed by atoms with E-state index in [1.165, 1.54) is 0 Å². The third-order valence-corrected chi connectivity index (χ3v) is 4.80. The van der Waals surface area contributed by atoms with Crippen LogP contribution in [0.15, 0.2) is 42.5 Å². The van der Waals surface area contributed by atoms with Crippen molar-refractivity contribution >= 4 is 5.91 Å². The first-order valence-corrected chi connectivity index (χ1v) is 8.49. The minimum atomic E-state index is -0.726. The molecule has 0 radical (unpaired) electrons. The van der Waals surface area contributed by atoms with Crippen LogP contribution in [0.3, 0.4) is 0 Å². The number of aryl methyl sites for hydroxylation is 1.